The van der Waals surface area contributed by atoms with E-state index in [1.165, 1.54) is 0 Å². The summed E-state index contributed by atoms with van der Waals surface area (Å²) in [5.74, 6) is -0.249. The highest BCUT2D eigenvalue weighted by Gasteiger charge is 2.09. The van der Waals surface area contributed by atoms with E-state index in [1.54, 1.807) is 18.2 Å². The van der Waals surface area contributed by atoms with Crippen LogP contribution in [0.15, 0.2) is 18.2 Å². The van der Waals surface area contributed by atoms with Gasteiger partial charge in [-0.3, -0.25) is 4.79 Å². The number of hydrogen-bond acceptors (Lipinski definition) is 3. The predicted molar refractivity (Wildman–Crippen MR) is 69.5 cm³/mol. The number of rotatable bonds is 5. The summed E-state index contributed by atoms with van der Waals surface area (Å²) in [4.78, 5) is 11.5. The normalized spacial score (nSPS) is 11.5. The maximum absolute atomic E-state index is 11.5. The Hall–Kier alpha value is -0.580. The molecule has 0 heterocycles. The second kappa shape index (κ2) is 5.85. The summed E-state index contributed by atoms with van der Waals surface area (Å²) in [7, 11) is -3.09. The van der Waals surface area contributed by atoms with Crippen molar-refractivity contribution in [3.8, 4) is 0 Å². The Morgan fingerprint density at radius 2 is 1.88 bits per heavy atom. The molecule has 3 nitrogen and oxygen atoms in total. The van der Waals surface area contributed by atoms with Gasteiger partial charge in [0.05, 0.1) is 15.8 Å². The fraction of sp³-hybridized carbons (Fsp3) is 0.364. The summed E-state index contributed by atoms with van der Waals surface area (Å²) in [6.07, 6.45) is 1.31. The van der Waals surface area contributed by atoms with Crippen LogP contribution in [0.25, 0.3) is 0 Å². The van der Waals surface area contributed by atoms with Crippen LogP contribution < -0.4 is 0 Å². The zero-order valence-corrected chi connectivity index (χ0v) is 11.6. The maximum Gasteiger partial charge on any atom is 0.147 e. The van der Waals surface area contributed by atoms with Crippen molar-refractivity contribution >= 4 is 38.8 Å². The van der Waals surface area contributed by atoms with Crippen molar-refractivity contribution in [2.45, 2.75) is 12.8 Å². The first-order valence-electron chi connectivity index (χ1n) is 4.91. The summed E-state index contributed by atoms with van der Waals surface area (Å²) in [6.45, 7) is 0. The lowest BCUT2D eigenvalue weighted by atomic mass is 10.1. The molecule has 17 heavy (non-hydrogen) atoms. The fourth-order valence-corrected chi connectivity index (χ4v) is 2.18. The Bertz CT molecular complexity index is 524. The SMILES string of the molecule is CS(=O)(=O)CCC(=O)Cc1ccc(Cl)c(Cl)c1. The Balaban J connectivity index is 2.59. The third-order valence-electron chi connectivity index (χ3n) is 2.14. The smallest absolute Gasteiger partial charge is 0.147 e. The highest BCUT2D eigenvalue weighted by atomic mass is 35.5. The molecule has 0 radical (unpaired) electrons. The van der Waals surface area contributed by atoms with Crippen molar-refractivity contribution in [3.05, 3.63) is 33.8 Å². The van der Waals surface area contributed by atoms with Gasteiger partial charge >= 0.3 is 0 Å². The molecule has 0 fully saturated rings. The summed E-state index contributed by atoms with van der Waals surface area (Å²) in [5, 5.41) is 0.819. The third kappa shape index (κ3) is 5.52. The Labute approximate surface area is 111 Å². The van der Waals surface area contributed by atoms with Crippen LogP contribution in [-0.4, -0.2) is 26.2 Å². The molecule has 0 aliphatic heterocycles. The maximum atomic E-state index is 11.5. The van der Waals surface area contributed by atoms with Crippen molar-refractivity contribution in [2.24, 2.45) is 0 Å². The zero-order valence-electron chi connectivity index (χ0n) is 9.24. The quantitative estimate of drug-likeness (QED) is 0.838. The van der Waals surface area contributed by atoms with Crippen LogP contribution in [0.1, 0.15) is 12.0 Å². The number of sulfone groups is 1. The van der Waals surface area contributed by atoms with E-state index in [0.29, 0.717) is 10.0 Å². The minimum Gasteiger partial charge on any atom is -0.299 e. The number of halogens is 2. The van der Waals surface area contributed by atoms with E-state index in [1.807, 2.05) is 0 Å². The van der Waals surface area contributed by atoms with E-state index in [4.69, 9.17) is 23.2 Å². The molecular weight excluding hydrogens is 283 g/mol. The molecule has 0 aliphatic rings. The van der Waals surface area contributed by atoms with E-state index in [2.05, 4.69) is 0 Å². The van der Waals surface area contributed by atoms with Crippen LogP contribution in [0, 0.1) is 0 Å². The standard InChI is InChI=1S/C11H12Cl2O3S/c1-17(15,16)5-4-9(14)6-8-2-3-10(12)11(13)7-8/h2-3,7H,4-6H2,1H3. The minimum absolute atomic E-state index is 0.0269. The molecular formula is C11H12Cl2O3S. The number of benzene rings is 1. The van der Waals surface area contributed by atoms with Crippen LogP contribution in [-0.2, 0) is 21.1 Å². The van der Waals surface area contributed by atoms with Gasteiger partial charge in [-0.15, -0.1) is 0 Å². The number of ketones is 1. The van der Waals surface area contributed by atoms with Crippen molar-refractivity contribution in [2.75, 3.05) is 12.0 Å². The van der Waals surface area contributed by atoms with Crippen LogP contribution >= 0.6 is 23.2 Å². The topological polar surface area (TPSA) is 51.2 Å². The van der Waals surface area contributed by atoms with Gasteiger partial charge in [-0.2, -0.15) is 0 Å². The van der Waals surface area contributed by atoms with Gasteiger partial charge in [0.25, 0.3) is 0 Å². The van der Waals surface area contributed by atoms with Gasteiger partial charge in [0.2, 0.25) is 0 Å². The van der Waals surface area contributed by atoms with Crippen LogP contribution in [0.2, 0.25) is 10.0 Å². The van der Waals surface area contributed by atoms with Crippen LogP contribution in [0.4, 0.5) is 0 Å². The summed E-state index contributed by atoms with van der Waals surface area (Å²) in [6, 6.07) is 4.93. The van der Waals surface area contributed by atoms with E-state index in [-0.39, 0.29) is 24.4 Å². The highest BCUT2D eigenvalue weighted by molar-refractivity contribution is 7.90. The molecule has 1 aromatic carbocycles. The van der Waals surface area contributed by atoms with Crippen molar-refractivity contribution in [1.82, 2.24) is 0 Å². The van der Waals surface area contributed by atoms with Gasteiger partial charge < -0.3 is 0 Å². The number of hydrogen-bond donors (Lipinski definition) is 0. The van der Waals surface area contributed by atoms with Gasteiger partial charge in [-0.1, -0.05) is 29.3 Å². The lowest BCUT2D eigenvalue weighted by molar-refractivity contribution is -0.118. The molecule has 0 spiro atoms. The van der Waals surface area contributed by atoms with E-state index >= 15 is 0 Å². The number of carbonyl (C=O) groups is 1. The first-order chi connectivity index (χ1) is 7.78. The molecule has 0 aromatic heterocycles. The van der Waals surface area contributed by atoms with E-state index in [9.17, 15) is 13.2 Å². The summed E-state index contributed by atoms with van der Waals surface area (Å²) >= 11 is 11.5. The Morgan fingerprint density at radius 3 is 2.41 bits per heavy atom. The van der Waals surface area contributed by atoms with Gasteiger partial charge in [-0.05, 0) is 17.7 Å². The fourth-order valence-electron chi connectivity index (χ4n) is 1.26. The third-order valence-corrected chi connectivity index (χ3v) is 3.82. The largest absolute Gasteiger partial charge is 0.299 e. The molecule has 1 rings (SSSR count). The monoisotopic (exact) mass is 294 g/mol. The molecule has 0 saturated heterocycles. The first-order valence-corrected chi connectivity index (χ1v) is 7.73. The zero-order chi connectivity index (χ0) is 13.1. The molecule has 0 amide bonds. The van der Waals surface area contributed by atoms with Crippen LogP contribution in [0.3, 0.4) is 0 Å². The van der Waals surface area contributed by atoms with Gasteiger partial charge in [0.15, 0.2) is 0 Å². The molecule has 94 valence electrons. The highest BCUT2D eigenvalue weighted by Crippen LogP contribution is 2.22. The minimum atomic E-state index is -3.09. The van der Waals surface area contributed by atoms with Gasteiger partial charge in [0.1, 0.15) is 15.6 Å². The molecule has 0 bridgehead atoms. The summed E-state index contributed by atoms with van der Waals surface area (Å²) < 4.78 is 21.8. The predicted octanol–water partition coefficient (Wildman–Crippen LogP) is 2.54. The Kier molecular flexibility index (Phi) is 4.98. The van der Waals surface area contributed by atoms with Gasteiger partial charge in [0, 0.05) is 19.1 Å². The average Bonchev–Trinajstić information content (AvgIpc) is 2.20. The first kappa shape index (κ1) is 14.5. The molecule has 1 aromatic rings. The molecule has 6 heteroatoms. The summed E-state index contributed by atoms with van der Waals surface area (Å²) in [5.41, 5.74) is 0.734. The lowest BCUT2D eigenvalue weighted by Gasteiger charge is -2.02. The van der Waals surface area contributed by atoms with E-state index in [0.717, 1.165) is 11.8 Å². The molecule has 0 aliphatic carbocycles. The number of Topliss-reactive ketones (excluding diaryl/α,β-unsaturated/α-hetero) is 1. The van der Waals surface area contributed by atoms with Crippen molar-refractivity contribution in [1.29, 1.82) is 0 Å². The Morgan fingerprint density at radius 1 is 1.24 bits per heavy atom. The second-order valence-electron chi connectivity index (χ2n) is 3.84. The average molecular weight is 295 g/mol. The van der Waals surface area contributed by atoms with Crippen molar-refractivity contribution in [3.63, 3.8) is 0 Å². The molecule has 0 atom stereocenters. The van der Waals surface area contributed by atoms with Gasteiger partial charge in [-0.25, -0.2) is 8.42 Å². The lowest BCUT2D eigenvalue weighted by Crippen LogP contribution is -2.11. The molecule has 0 N–H and O–H groups in total. The van der Waals surface area contributed by atoms with Crippen molar-refractivity contribution < 1.29 is 13.2 Å². The molecule has 0 unspecified atom stereocenters. The van der Waals surface area contributed by atoms with E-state index < -0.39 is 9.84 Å². The number of carbonyl (C=O) groups excluding carboxylic acids is 1. The second-order valence-corrected chi connectivity index (χ2v) is 6.92. The van der Waals surface area contributed by atoms with Crippen LogP contribution in [0.5, 0.6) is 0 Å². The molecule has 0 saturated carbocycles.